The lowest BCUT2D eigenvalue weighted by molar-refractivity contribution is 0.308. The molecule has 96 valence electrons. The van der Waals surface area contributed by atoms with Gasteiger partial charge in [0.1, 0.15) is 12.4 Å². The minimum absolute atomic E-state index is 0.633. The molecule has 0 unspecified atom stereocenters. The van der Waals surface area contributed by atoms with Gasteiger partial charge in [-0.05, 0) is 48.6 Å². The fourth-order valence-electron chi connectivity index (χ4n) is 2.32. The molecule has 0 fully saturated rings. The Morgan fingerprint density at radius 2 is 1.89 bits per heavy atom. The van der Waals surface area contributed by atoms with E-state index >= 15 is 0 Å². The van der Waals surface area contributed by atoms with Crippen LogP contribution in [0.15, 0.2) is 47.8 Å². The lowest BCUT2D eigenvalue weighted by Crippen LogP contribution is -1.95. The largest absolute Gasteiger partial charge is 0.489 e. The molecular formula is C17H16OS. The van der Waals surface area contributed by atoms with E-state index in [4.69, 9.17) is 4.74 Å². The number of hydrogen-bond donors (Lipinski definition) is 0. The summed E-state index contributed by atoms with van der Waals surface area (Å²) < 4.78 is 7.24. The summed E-state index contributed by atoms with van der Waals surface area (Å²) in [4.78, 5) is 0. The van der Waals surface area contributed by atoms with Crippen LogP contribution >= 0.6 is 11.3 Å². The molecule has 0 N–H and O–H groups in total. The molecule has 1 aromatic heterocycles. The van der Waals surface area contributed by atoms with Gasteiger partial charge in [-0.25, -0.2) is 0 Å². The summed E-state index contributed by atoms with van der Waals surface area (Å²) in [7, 11) is 0. The molecule has 0 radical (unpaired) electrons. The predicted molar refractivity (Wildman–Crippen MR) is 82.1 cm³/mol. The van der Waals surface area contributed by atoms with Gasteiger partial charge in [0.2, 0.25) is 0 Å². The maximum atomic E-state index is 5.90. The van der Waals surface area contributed by atoms with E-state index in [0.29, 0.717) is 6.61 Å². The van der Waals surface area contributed by atoms with E-state index in [2.05, 4.69) is 49.6 Å². The first-order valence-electron chi connectivity index (χ1n) is 6.39. The summed E-state index contributed by atoms with van der Waals surface area (Å²) >= 11 is 1.79. The van der Waals surface area contributed by atoms with Gasteiger partial charge in [-0.1, -0.05) is 24.3 Å². The number of hydrogen-bond acceptors (Lipinski definition) is 2. The summed E-state index contributed by atoms with van der Waals surface area (Å²) in [6.45, 7) is 4.87. The highest BCUT2D eigenvalue weighted by molar-refractivity contribution is 7.17. The van der Waals surface area contributed by atoms with Crippen molar-refractivity contribution < 1.29 is 4.74 Å². The van der Waals surface area contributed by atoms with Crippen LogP contribution < -0.4 is 4.74 Å². The van der Waals surface area contributed by atoms with Gasteiger partial charge in [0.25, 0.3) is 0 Å². The van der Waals surface area contributed by atoms with Crippen LogP contribution in [0.25, 0.3) is 10.1 Å². The zero-order valence-electron chi connectivity index (χ0n) is 11.1. The Bertz CT molecular complexity index is 712. The van der Waals surface area contributed by atoms with E-state index in [1.807, 2.05) is 12.1 Å². The first-order valence-corrected chi connectivity index (χ1v) is 7.27. The number of thiophene rings is 1. The van der Waals surface area contributed by atoms with Gasteiger partial charge < -0.3 is 4.74 Å². The van der Waals surface area contributed by atoms with Gasteiger partial charge in [-0.2, -0.15) is 0 Å². The highest BCUT2D eigenvalue weighted by Crippen LogP contribution is 2.29. The summed E-state index contributed by atoms with van der Waals surface area (Å²) in [6, 6.07) is 14.6. The molecule has 0 atom stereocenters. The van der Waals surface area contributed by atoms with Crippen molar-refractivity contribution in [3.63, 3.8) is 0 Å². The molecule has 2 aromatic carbocycles. The third-order valence-corrected chi connectivity index (χ3v) is 4.26. The van der Waals surface area contributed by atoms with Crippen LogP contribution in [0.1, 0.15) is 16.7 Å². The van der Waals surface area contributed by atoms with Crippen molar-refractivity contribution in [2.24, 2.45) is 0 Å². The second-order valence-electron chi connectivity index (χ2n) is 4.81. The molecule has 0 aliphatic rings. The monoisotopic (exact) mass is 268 g/mol. The van der Waals surface area contributed by atoms with Crippen LogP contribution in [0.4, 0.5) is 0 Å². The Morgan fingerprint density at radius 1 is 1.05 bits per heavy atom. The first-order chi connectivity index (χ1) is 9.24. The molecule has 1 heterocycles. The van der Waals surface area contributed by atoms with Crippen LogP contribution in [-0.2, 0) is 6.61 Å². The van der Waals surface area contributed by atoms with Gasteiger partial charge in [0.05, 0.1) is 0 Å². The summed E-state index contributed by atoms with van der Waals surface area (Å²) in [6.07, 6.45) is 0. The van der Waals surface area contributed by atoms with Gasteiger partial charge in [0, 0.05) is 15.6 Å². The van der Waals surface area contributed by atoms with Crippen molar-refractivity contribution in [2.75, 3.05) is 0 Å². The van der Waals surface area contributed by atoms with Crippen molar-refractivity contribution in [1.29, 1.82) is 0 Å². The third-order valence-electron chi connectivity index (χ3n) is 3.27. The lowest BCUT2D eigenvalue weighted by Gasteiger charge is -2.07. The number of aryl methyl sites for hydroxylation is 2. The maximum absolute atomic E-state index is 5.90. The number of benzene rings is 2. The molecule has 0 amide bonds. The topological polar surface area (TPSA) is 9.23 Å². The number of rotatable bonds is 3. The molecule has 0 spiro atoms. The summed E-state index contributed by atoms with van der Waals surface area (Å²) in [5.74, 6) is 0.938. The molecule has 0 aliphatic heterocycles. The zero-order chi connectivity index (χ0) is 13.2. The lowest BCUT2D eigenvalue weighted by atomic mass is 10.1. The zero-order valence-corrected chi connectivity index (χ0v) is 12.0. The minimum atomic E-state index is 0.633. The van der Waals surface area contributed by atoms with Crippen LogP contribution in [0.5, 0.6) is 5.75 Å². The Hall–Kier alpha value is -1.80. The van der Waals surface area contributed by atoms with Crippen molar-refractivity contribution >= 4 is 21.4 Å². The van der Waals surface area contributed by atoms with Gasteiger partial charge >= 0.3 is 0 Å². The van der Waals surface area contributed by atoms with Crippen molar-refractivity contribution in [3.8, 4) is 5.75 Å². The fraction of sp³-hybridized carbons (Fsp3) is 0.176. The highest BCUT2D eigenvalue weighted by Gasteiger charge is 2.07. The quantitative estimate of drug-likeness (QED) is 0.642. The maximum Gasteiger partial charge on any atom is 0.120 e. The van der Waals surface area contributed by atoms with E-state index < -0.39 is 0 Å². The van der Waals surface area contributed by atoms with E-state index in [9.17, 15) is 0 Å². The van der Waals surface area contributed by atoms with Crippen molar-refractivity contribution in [1.82, 2.24) is 0 Å². The molecule has 3 rings (SSSR count). The molecule has 0 saturated carbocycles. The van der Waals surface area contributed by atoms with Gasteiger partial charge in [0.15, 0.2) is 0 Å². The van der Waals surface area contributed by atoms with E-state index in [1.165, 1.54) is 26.8 Å². The summed E-state index contributed by atoms with van der Waals surface area (Å²) in [5, 5.41) is 3.55. The smallest absolute Gasteiger partial charge is 0.120 e. The highest BCUT2D eigenvalue weighted by atomic mass is 32.1. The van der Waals surface area contributed by atoms with Gasteiger partial charge in [-0.15, -0.1) is 11.3 Å². The molecule has 19 heavy (non-hydrogen) atoms. The Balaban J connectivity index is 1.86. The Labute approximate surface area is 117 Å². The molecule has 0 aliphatic carbocycles. The molecule has 2 heteroatoms. The normalized spacial score (nSPS) is 10.8. The first kappa shape index (κ1) is 12.2. The number of fused-ring (bicyclic) bond motifs is 1. The second-order valence-corrected chi connectivity index (χ2v) is 5.73. The second kappa shape index (κ2) is 5.06. The van der Waals surface area contributed by atoms with Gasteiger partial charge in [-0.3, -0.25) is 0 Å². The van der Waals surface area contributed by atoms with Crippen LogP contribution in [0, 0.1) is 13.8 Å². The van der Waals surface area contributed by atoms with Crippen LogP contribution in [0.2, 0.25) is 0 Å². The minimum Gasteiger partial charge on any atom is -0.489 e. The molecule has 1 nitrogen and oxygen atoms in total. The fourth-order valence-corrected chi connectivity index (χ4v) is 3.34. The van der Waals surface area contributed by atoms with Crippen molar-refractivity contribution in [2.45, 2.75) is 20.5 Å². The van der Waals surface area contributed by atoms with E-state index in [1.54, 1.807) is 11.3 Å². The predicted octanol–water partition coefficient (Wildman–Crippen LogP) is 5.10. The van der Waals surface area contributed by atoms with E-state index in [-0.39, 0.29) is 0 Å². The van der Waals surface area contributed by atoms with Crippen molar-refractivity contribution in [3.05, 3.63) is 64.5 Å². The average molecular weight is 268 g/mol. The van der Waals surface area contributed by atoms with E-state index in [0.717, 1.165) is 5.75 Å². The Kier molecular flexibility index (Phi) is 3.26. The standard InChI is InChI=1S/C17H16OS/c1-12-5-3-7-15(9-12)18-10-14-11-19-16-8-4-6-13(2)17(14)16/h3-9,11H,10H2,1-2H3. The summed E-state index contributed by atoms with van der Waals surface area (Å²) in [5.41, 5.74) is 3.82. The molecule has 0 saturated heterocycles. The van der Waals surface area contributed by atoms with Crippen LogP contribution in [-0.4, -0.2) is 0 Å². The third kappa shape index (κ3) is 2.49. The number of ether oxygens (including phenoxy) is 1. The Morgan fingerprint density at radius 3 is 2.74 bits per heavy atom. The molecule has 0 bridgehead atoms. The average Bonchev–Trinajstić information content (AvgIpc) is 2.81. The SMILES string of the molecule is Cc1cccc(OCc2csc3cccc(C)c23)c1. The van der Waals surface area contributed by atoms with Crippen LogP contribution in [0.3, 0.4) is 0 Å². The molecular weight excluding hydrogens is 252 g/mol. The molecule has 3 aromatic rings.